The second-order valence-electron chi connectivity index (χ2n) is 4.57. The largest absolute Gasteiger partial charge is 0.383 e. The Kier molecular flexibility index (Phi) is 6.42. The Bertz CT molecular complexity index is 403. The van der Waals surface area contributed by atoms with Crippen molar-refractivity contribution in [2.75, 3.05) is 13.7 Å². The molecule has 0 saturated carbocycles. The molecule has 1 N–H and O–H groups in total. The molecule has 0 aliphatic heterocycles. The fourth-order valence-electron chi connectivity index (χ4n) is 2.01. The molecule has 0 heterocycles. The number of hydrogen-bond donors (Lipinski definition) is 1. The van der Waals surface area contributed by atoms with E-state index >= 15 is 0 Å². The number of methoxy groups -OCH3 is 1. The first-order valence-electron chi connectivity index (χ1n) is 6.43. The zero-order valence-corrected chi connectivity index (χ0v) is 11.5. The third kappa shape index (κ3) is 4.48. The van der Waals surface area contributed by atoms with Gasteiger partial charge in [0, 0.05) is 19.7 Å². The minimum Gasteiger partial charge on any atom is -0.383 e. The van der Waals surface area contributed by atoms with E-state index in [4.69, 9.17) is 10.00 Å². The Hall–Kier alpha value is -1.37. The molecular formula is C15H22N2O. The quantitative estimate of drug-likeness (QED) is 0.804. The number of nitrogens with one attached hydrogen (secondary N) is 1. The van der Waals surface area contributed by atoms with Crippen molar-refractivity contribution < 1.29 is 4.74 Å². The highest BCUT2D eigenvalue weighted by atomic mass is 16.5. The van der Waals surface area contributed by atoms with Gasteiger partial charge in [0.2, 0.25) is 0 Å². The summed E-state index contributed by atoms with van der Waals surface area (Å²) in [6.07, 6.45) is 2.26. The van der Waals surface area contributed by atoms with Crippen LogP contribution < -0.4 is 5.32 Å². The highest BCUT2D eigenvalue weighted by molar-refractivity contribution is 5.37. The summed E-state index contributed by atoms with van der Waals surface area (Å²) in [5, 5.41) is 12.3. The van der Waals surface area contributed by atoms with Crippen molar-refractivity contribution in [1.82, 2.24) is 5.32 Å². The molecule has 1 aromatic rings. The van der Waals surface area contributed by atoms with Gasteiger partial charge >= 0.3 is 0 Å². The molecule has 98 valence electrons. The molecule has 0 aromatic heterocycles. The summed E-state index contributed by atoms with van der Waals surface area (Å²) in [5.74, 6) is 0. The van der Waals surface area contributed by atoms with E-state index in [1.165, 1.54) is 5.56 Å². The molecule has 0 aliphatic rings. The van der Waals surface area contributed by atoms with E-state index in [-0.39, 0.29) is 0 Å². The molecule has 1 unspecified atom stereocenters. The van der Waals surface area contributed by atoms with Gasteiger partial charge in [0.25, 0.3) is 0 Å². The fourth-order valence-corrected chi connectivity index (χ4v) is 2.01. The first-order valence-corrected chi connectivity index (χ1v) is 6.43. The van der Waals surface area contributed by atoms with Crippen LogP contribution in [0.1, 0.15) is 36.5 Å². The lowest BCUT2D eigenvalue weighted by molar-refractivity contribution is 0.161. The SMILES string of the molecule is CCCC(COC)NCc1ccc(C#N)cc1C. The highest BCUT2D eigenvalue weighted by Crippen LogP contribution is 2.11. The standard InChI is InChI=1S/C15H22N2O/c1-4-5-15(11-18-3)17-10-14-7-6-13(9-16)8-12(14)2/h6-8,15,17H,4-5,10-11H2,1-3H3. The van der Waals surface area contributed by atoms with Gasteiger partial charge in [0.05, 0.1) is 18.2 Å². The Balaban J connectivity index is 2.59. The molecule has 18 heavy (non-hydrogen) atoms. The molecule has 0 radical (unpaired) electrons. The summed E-state index contributed by atoms with van der Waals surface area (Å²) in [5.41, 5.74) is 3.12. The van der Waals surface area contributed by atoms with E-state index in [2.05, 4.69) is 18.3 Å². The van der Waals surface area contributed by atoms with Crippen molar-refractivity contribution in [3.8, 4) is 6.07 Å². The molecule has 1 aromatic carbocycles. The van der Waals surface area contributed by atoms with Gasteiger partial charge in [-0.2, -0.15) is 5.26 Å². The second kappa shape index (κ2) is 7.86. The number of hydrogen-bond acceptors (Lipinski definition) is 3. The second-order valence-corrected chi connectivity index (χ2v) is 4.57. The highest BCUT2D eigenvalue weighted by Gasteiger charge is 2.07. The summed E-state index contributed by atoms with van der Waals surface area (Å²) in [4.78, 5) is 0. The van der Waals surface area contributed by atoms with Gasteiger partial charge in [-0.05, 0) is 36.6 Å². The summed E-state index contributed by atoms with van der Waals surface area (Å²) in [7, 11) is 1.73. The smallest absolute Gasteiger partial charge is 0.0991 e. The first-order chi connectivity index (χ1) is 8.71. The minimum absolute atomic E-state index is 0.398. The average Bonchev–Trinajstić information content (AvgIpc) is 2.37. The van der Waals surface area contributed by atoms with Crippen LogP contribution in [0.15, 0.2) is 18.2 Å². The summed E-state index contributed by atoms with van der Waals surface area (Å²) in [6, 6.07) is 8.39. The maximum absolute atomic E-state index is 8.83. The fraction of sp³-hybridized carbons (Fsp3) is 0.533. The zero-order valence-electron chi connectivity index (χ0n) is 11.5. The number of rotatable bonds is 7. The maximum atomic E-state index is 8.83. The van der Waals surface area contributed by atoms with Crippen molar-refractivity contribution in [2.45, 2.75) is 39.3 Å². The van der Waals surface area contributed by atoms with Crippen LogP contribution in [0.2, 0.25) is 0 Å². The number of benzene rings is 1. The summed E-state index contributed by atoms with van der Waals surface area (Å²) >= 11 is 0. The van der Waals surface area contributed by atoms with Crippen LogP contribution in [0.3, 0.4) is 0 Å². The number of ether oxygens (including phenoxy) is 1. The van der Waals surface area contributed by atoms with Crippen molar-refractivity contribution in [3.05, 3.63) is 34.9 Å². The van der Waals surface area contributed by atoms with Gasteiger partial charge in [-0.1, -0.05) is 19.4 Å². The van der Waals surface area contributed by atoms with E-state index in [0.29, 0.717) is 6.04 Å². The van der Waals surface area contributed by atoms with Crippen molar-refractivity contribution in [2.24, 2.45) is 0 Å². The van der Waals surface area contributed by atoms with Crippen LogP contribution in [-0.4, -0.2) is 19.8 Å². The predicted molar refractivity (Wildman–Crippen MR) is 73.3 cm³/mol. The van der Waals surface area contributed by atoms with Gasteiger partial charge < -0.3 is 10.1 Å². The summed E-state index contributed by atoms with van der Waals surface area (Å²) in [6.45, 7) is 5.79. The van der Waals surface area contributed by atoms with Crippen LogP contribution in [0.4, 0.5) is 0 Å². The van der Waals surface area contributed by atoms with Gasteiger partial charge in [0.15, 0.2) is 0 Å². The van der Waals surface area contributed by atoms with E-state index in [1.54, 1.807) is 7.11 Å². The zero-order chi connectivity index (χ0) is 13.4. The van der Waals surface area contributed by atoms with Crippen LogP contribution >= 0.6 is 0 Å². The molecule has 0 saturated heterocycles. The number of nitrogens with zero attached hydrogens (tertiary/aromatic N) is 1. The Morgan fingerprint density at radius 1 is 1.44 bits per heavy atom. The van der Waals surface area contributed by atoms with Crippen LogP contribution in [-0.2, 0) is 11.3 Å². The topological polar surface area (TPSA) is 45.0 Å². The lowest BCUT2D eigenvalue weighted by Gasteiger charge is -2.18. The van der Waals surface area contributed by atoms with E-state index < -0.39 is 0 Å². The van der Waals surface area contributed by atoms with Gasteiger partial charge in [-0.25, -0.2) is 0 Å². The third-order valence-corrected chi connectivity index (χ3v) is 3.06. The predicted octanol–water partition coefficient (Wildman–Crippen LogP) is 2.77. The molecule has 1 atom stereocenters. The van der Waals surface area contributed by atoms with Crippen molar-refractivity contribution in [3.63, 3.8) is 0 Å². The molecule has 0 spiro atoms. The van der Waals surface area contributed by atoms with Crippen molar-refractivity contribution >= 4 is 0 Å². The molecule has 3 nitrogen and oxygen atoms in total. The van der Waals surface area contributed by atoms with Crippen LogP contribution in [0.5, 0.6) is 0 Å². The Morgan fingerprint density at radius 3 is 2.78 bits per heavy atom. The van der Waals surface area contributed by atoms with E-state index in [1.807, 2.05) is 25.1 Å². The van der Waals surface area contributed by atoms with Gasteiger partial charge in [-0.3, -0.25) is 0 Å². The minimum atomic E-state index is 0.398. The Labute approximate surface area is 110 Å². The molecular weight excluding hydrogens is 224 g/mol. The number of nitriles is 1. The van der Waals surface area contributed by atoms with Crippen LogP contribution in [0, 0.1) is 18.3 Å². The molecule has 3 heteroatoms. The normalized spacial score (nSPS) is 12.1. The monoisotopic (exact) mass is 246 g/mol. The molecule has 0 aliphatic carbocycles. The van der Waals surface area contributed by atoms with Gasteiger partial charge in [0.1, 0.15) is 0 Å². The van der Waals surface area contributed by atoms with E-state index in [9.17, 15) is 0 Å². The van der Waals surface area contributed by atoms with Crippen molar-refractivity contribution in [1.29, 1.82) is 5.26 Å². The van der Waals surface area contributed by atoms with Crippen LogP contribution in [0.25, 0.3) is 0 Å². The Morgan fingerprint density at radius 2 is 2.22 bits per heavy atom. The molecule has 0 amide bonds. The summed E-state index contributed by atoms with van der Waals surface area (Å²) < 4.78 is 5.21. The molecule has 1 rings (SSSR count). The van der Waals surface area contributed by atoms with E-state index in [0.717, 1.165) is 37.1 Å². The number of aryl methyl sites for hydroxylation is 1. The lowest BCUT2D eigenvalue weighted by Crippen LogP contribution is -2.32. The molecule has 0 bridgehead atoms. The first kappa shape index (κ1) is 14.7. The average molecular weight is 246 g/mol. The molecule has 0 fully saturated rings. The third-order valence-electron chi connectivity index (χ3n) is 3.06. The van der Waals surface area contributed by atoms with Gasteiger partial charge in [-0.15, -0.1) is 0 Å². The maximum Gasteiger partial charge on any atom is 0.0991 e. The lowest BCUT2D eigenvalue weighted by atomic mass is 10.0.